The van der Waals surface area contributed by atoms with Crippen LogP contribution in [0.4, 0.5) is 14.9 Å². The SMILES string of the molecule is C/C=C/n1ccc(S(=O)NC(=O)Nc2c(-c3ccnc(OC)c3)cc(F)cc2C(C)C)n1. The van der Waals surface area contributed by atoms with Crippen molar-refractivity contribution in [3.8, 4) is 17.0 Å². The van der Waals surface area contributed by atoms with Crippen molar-refractivity contribution in [2.75, 3.05) is 12.4 Å². The number of carbonyl (C=O) groups excluding carboxylic acids is 1. The average molecular weight is 458 g/mol. The molecule has 1 atom stereocenters. The number of allylic oxidation sites excluding steroid dienone is 1. The number of hydrogen-bond donors (Lipinski definition) is 2. The molecule has 0 aliphatic carbocycles. The summed E-state index contributed by atoms with van der Waals surface area (Å²) in [6.45, 7) is 5.61. The van der Waals surface area contributed by atoms with Gasteiger partial charge in [0.1, 0.15) is 5.82 Å². The topological polar surface area (TPSA) is 98.1 Å². The van der Waals surface area contributed by atoms with Crippen LogP contribution in [0.2, 0.25) is 0 Å². The number of hydrogen-bond acceptors (Lipinski definition) is 5. The van der Waals surface area contributed by atoms with Gasteiger partial charge in [0.05, 0.1) is 12.8 Å². The first-order valence-electron chi connectivity index (χ1n) is 9.83. The van der Waals surface area contributed by atoms with Crippen LogP contribution >= 0.6 is 0 Å². The lowest BCUT2D eigenvalue weighted by Gasteiger charge is -2.19. The Labute approximate surface area is 188 Å². The van der Waals surface area contributed by atoms with E-state index in [0.29, 0.717) is 28.3 Å². The standard InChI is InChI=1S/C22H24FN5O3S/c1-5-9-28-10-7-20(26-28)32(30)27-22(29)25-21-17(14(2)3)12-16(23)13-18(21)15-6-8-24-19(11-15)31-4/h5-14H,1-4H3,(H2,25,27,29)/b9-5+. The van der Waals surface area contributed by atoms with Gasteiger partial charge < -0.3 is 10.1 Å². The molecule has 0 bridgehead atoms. The predicted molar refractivity (Wildman–Crippen MR) is 122 cm³/mol. The highest BCUT2D eigenvalue weighted by molar-refractivity contribution is 7.83. The number of rotatable bonds is 7. The van der Waals surface area contributed by atoms with E-state index in [0.717, 1.165) is 0 Å². The van der Waals surface area contributed by atoms with Crippen molar-refractivity contribution in [3.63, 3.8) is 0 Å². The monoisotopic (exact) mass is 457 g/mol. The van der Waals surface area contributed by atoms with E-state index in [1.807, 2.05) is 20.8 Å². The third-order valence-electron chi connectivity index (χ3n) is 4.51. The van der Waals surface area contributed by atoms with E-state index in [1.54, 1.807) is 36.7 Å². The summed E-state index contributed by atoms with van der Waals surface area (Å²) in [5.74, 6) is -0.180. The van der Waals surface area contributed by atoms with Gasteiger partial charge in [-0.05, 0) is 48.2 Å². The molecule has 168 valence electrons. The number of carbonyl (C=O) groups is 1. The van der Waals surface area contributed by atoms with Gasteiger partial charge in [-0.3, -0.25) is 4.72 Å². The fourth-order valence-corrected chi connectivity index (χ4v) is 3.75. The van der Waals surface area contributed by atoms with Crippen LogP contribution in [0.25, 0.3) is 17.3 Å². The highest BCUT2D eigenvalue weighted by Crippen LogP contribution is 2.36. The summed E-state index contributed by atoms with van der Waals surface area (Å²) < 4.78 is 36.0. The summed E-state index contributed by atoms with van der Waals surface area (Å²) >= 11 is 0. The Morgan fingerprint density at radius 3 is 2.75 bits per heavy atom. The summed E-state index contributed by atoms with van der Waals surface area (Å²) in [6, 6.07) is 6.87. The fourth-order valence-electron chi connectivity index (χ4n) is 3.07. The minimum absolute atomic E-state index is 0.0921. The molecule has 32 heavy (non-hydrogen) atoms. The largest absolute Gasteiger partial charge is 0.481 e. The fraction of sp³-hybridized carbons (Fsp3) is 0.227. The number of nitrogens with one attached hydrogen (secondary N) is 2. The number of ether oxygens (including phenoxy) is 1. The zero-order valence-electron chi connectivity index (χ0n) is 18.1. The number of amides is 2. The first kappa shape index (κ1) is 23.1. The molecule has 0 saturated heterocycles. The number of halogens is 1. The van der Waals surface area contributed by atoms with Gasteiger partial charge in [0.2, 0.25) is 5.88 Å². The van der Waals surface area contributed by atoms with Crippen LogP contribution < -0.4 is 14.8 Å². The summed E-state index contributed by atoms with van der Waals surface area (Å²) in [5, 5.41) is 7.05. The normalized spacial score (nSPS) is 12.2. The van der Waals surface area contributed by atoms with Crippen molar-refractivity contribution in [3.05, 3.63) is 60.2 Å². The van der Waals surface area contributed by atoms with Crippen molar-refractivity contribution in [2.45, 2.75) is 31.7 Å². The molecule has 3 rings (SSSR count). The Hall–Kier alpha value is -3.53. The molecule has 0 fully saturated rings. The molecule has 0 saturated carbocycles. The first-order valence-corrected chi connectivity index (χ1v) is 11.0. The quantitative estimate of drug-likeness (QED) is 0.542. The second-order valence-corrected chi connectivity index (χ2v) is 8.26. The minimum atomic E-state index is -1.88. The van der Waals surface area contributed by atoms with E-state index in [2.05, 4.69) is 20.1 Å². The molecule has 3 aromatic rings. The van der Waals surface area contributed by atoms with Gasteiger partial charge >= 0.3 is 6.03 Å². The van der Waals surface area contributed by atoms with Gasteiger partial charge in [0, 0.05) is 30.2 Å². The lowest BCUT2D eigenvalue weighted by atomic mass is 9.94. The van der Waals surface area contributed by atoms with Crippen molar-refractivity contribution in [2.24, 2.45) is 0 Å². The van der Waals surface area contributed by atoms with Crippen molar-refractivity contribution >= 4 is 28.9 Å². The van der Waals surface area contributed by atoms with Gasteiger partial charge in [-0.2, -0.15) is 5.10 Å². The zero-order chi connectivity index (χ0) is 23.3. The zero-order valence-corrected chi connectivity index (χ0v) is 18.9. The molecular weight excluding hydrogens is 433 g/mol. The summed E-state index contributed by atoms with van der Waals surface area (Å²) in [4.78, 5) is 16.8. The van der Waals surface area contributed by atoms with Crippen molar-refractivity contribution < 1.29 is 18.1 Å². The third-order valence-corrected chi connectivity index (χ3v) is 5.48. The maximum Gasteiger partial charge on any atom is 0.331 e. The number of methoxy groups -OCH3 is 1. The number of nitrogens with zero attached hydrogens (tertiary/aromatic N) is 3. The molecule has 2 N–H and O–H groups in total. The number of anilines is 1. The van der Waals surface area contributed by atoms with E-state index >= 15 is 0 Å². The maximum atomic E-state index is 14.4. The highest BCUT2D eigenvalue weighted by Gasteiger charge is 2.19. The molecule has 1 unspecified atom stereocenters. The van der Waals surface area contributed by atoms with E-state index in [9.17, 15) is 13.4 Å². The average Bonchev–Trinajstić information content (AvgIpc) is 3.23. The number of aromatic nitrogens is 3. The van der Waals surface area contributed by atoms with Gasteiger partial charge in [-0.15, -0.1) is 0 Å². The van der Waals surface area contributed by atoms with Gasteiger partial charge in [-0.1, -0.05) is 19.9 Å². The second kappa shape index (κ2) is 10.2. The van der Waals surface area contributed by atoms with Crippen LogP contribution in [0.1, 0.15) is 32.3 Å². The Balaban J connectivity index is 1.93. The van der Waals surface area contributed by atoms with Crippen LogP contribution in [0, 0.1) is 5.82 Å². The van der Waals surface area contributed by atoms with Crippen LogP contribution in [-0.4, -0.2) is 32.1 Å². The first-order chi connectivity index (χ1) is 15.3. The van der Waals surface area contributed by atoms with Crippen molar-refractivity contribution in [1.82, 2.24) is 19.5 Å². The minimum Gasteiger partial charge on any atom is -0.481 e. The van der Waals surface area contributed by atoms with Gasteiger partial charge in [0.25, 0.3) is 0 Å². The molecule has 8 nitrogen and oxygen atoms in total. The smallest absolute Gasteiger partial charge is 0.331 e. The Morgan fingerprint density at radius 1 is 1.28 bits per heavy atom. The predicted octanol–water partition coefficient (Wildman–Crippen LogP) is 4.55. The second-order valence-electron chi connectivity index (χ2n) is 7.10. The van der Waals surface area contributed by atoms with E-state index in [1.165, 1.54) is 30.1 Å². The molecule has 2 amide bonds. The molecule has 1 aromatic carbocycles. The van der Waals surface area contributed by atoms with Crippen LogP contribution in [0.3, 0.4) is 0 Å². The summed E-state index contributed by atoms with van der Waals surface area (Å²) in [5.41, 5.74) is 2.06. The van der Waals surface area contributed by atoms with Crippen LogP contribution in [-0.2, 0) is 11.0 Å². The number of benzene rings is 1. The van der Waals surface area contributed by atoms with Crippen molar-refractivity contribution in [1.29, 1.82) is 0 Å². The molecule has 2 heterocycles. The van der Waals surface area contributed by atoms with Crippen LogP contribution in [0.5, 0.6) is 5.88 Å². The lowest BCUT2D eigenvalue weighted by molar-refractivity contribution is 0.257. The molecule has 10 heteroatoms. The lowest BCUT2D eigenvalue weighted by Crippen LogP contribution is -2.31. The van der Waals surface area contributed by atoms with E-state index < -0.39 is 22.8 Å². The van der Waals surface area contributed by atoms with E-state index in [4.69, 9.17) is 4.74 Å². The van der Waals surface area contributed by atoms with Gasteiger partial charge in [0.15, 0.2) is 16.0 Å². The summed E-state index contributed by atoms with van der Waals surface area (Å²) in [6.07, 6.45) is 6.62. The summed E-state index contributed by atoms with van der Waals surface area (Å²) in [7, 11) is -0.397. The number of pyridine rings is 1. The van der Waals surface area contributed by atoms with Gasteiger partial charge in [-0.25, -0.2) is 23.1 Å². The van der Waals surface area contributed by atoms with E-state index in [-0.39, 0.29) is 10.9 Å². The Morgan fingerprint density at radius 2 is 2.06 bits per heavy atom. The molecule has 0 spiro atoms. The Kier molecular flexibility index (Phi) is 7.37. The molecule has 2 aromatic heterocycles. The molecule has 0 aliphatic heterocycles. The maximum absolute atomic E-state index is 14.4. The molecule has 0 aliphatic rings. The van der Waals surface area contributed by atoms with Crippen LogP contribution in [0.15, 0.2) is 53.8 Å². The highest BCUT2D eigenvalue weighted by atomic mass is 32.2. The molecule has 0 radical (unpaired) electrons. The Bertz CT molecular complexity index is 1180. The molecular formula is C22H24FN5O3S. The third kappa shape index (κ3) is 5.38. The number of urea groups is 1.